The van der Waals surface area contributed by atoms with Gasteiger partial charge in [0.2, 0.25) is 12.1 Å². The molecular weight excluding hydrogens is 338 g/mol. The van der Waals surface area contributed by atoms with E-state index in [4.69, 9.17) is 4.74 Å². The van der Waals surface area contributed by atoms with Gasteiger partial charge in [-0.1, -0.05) is 81.8 Å². The summed E-state index contributed by atoms with van der Waals surface area (Å²) in [4.78, 5) is 26.9. The molecule has 1 amide bonds. The SMILES string of the molecule is CCCCC(=O)N1C(c2ccc(-c3ccccc3)cc2)OC(=O)C1C(C)C. The summed E-state index contributed by atoms with van der Waals surface area (Å²) in [5.74, 6) is -0.317. The summed E-state index contributed by atoms with van der Waals surface area (Å²) in [6.45, 7) is 5.96. The smallest absolute Gasteiger partial charge is 0.331 e. The van der Waals surface area contributed by atoms with E-state index < -0.39 is 12.3 Å². The highest BCUT2D eigenvalue weighted by molar-refractivity contribution is 5.87. The van der Waals surface area contributed by atoms with Gasteiger partial charge in [-0.05, 0) is 23.5 Å². The number of cyclic esters (lactones) is 1. The molecule has 1 fully saturated rings. The Morgan fingerprint density at radius 3 is 2.26 bits per heavy atom. The first-order chi connectivity index (χ1) is 13.0. The van der Waals surface area contributed by atoms with Gasteiger partial charge in [-0.25, -0.2) is 4.79 Å². The van der Waals surface area contributed by atoms with Crippen LogP contribution in [0.15, 0.2) is 54.6 Å². The second-order valence-electron chi connectivity index (χ2n) is 7.37. The Hall–Kier alpha value is -2.62. The second-order valence-corrected chi connectivity index (χ2v) is 7.37. The van der Waals surface area contributed by atoms with E-state index in [-0.39, 0.29) is 17.8 Å². The molecule has 1 aliphatic heterocycles. The summed E-state index contributed by atoms with van der Waals surface area (Å²) >= 11 is 0. The normalized spacial score (nSPS) is 19.4. The topological polar surface area (TPSA) is 46.6 Å². The van der Waals surface area contributed by atoms with Crippen LogP contribution < -0.4 is 0 Å². The van der Waals surface area contributed by atoms with Gasteiger partial charge >= 0.3 is 5.97 Å². The van der Waals surface area contributed by atoms with Gasteiger partial charge in [0, 0.05) is 12.0 Å². The molecule has 0 bridgehead atoms. The fourth-order valence-corrected chi connectivity index (χ4v) is 3.53. The van der Waals surface area contributed by atoms with Crippen molar-refractivity contribution in [2.24, 2.45) is 5.92 Å². The zero-order valence-corrected chi connectivity index (χ0v) is 16.2. The summed E-state index contributed by atoms with van der Waals surface area (Å²) in [6, 6.07) is 17.5. The standard InChI is InChI=1S/C23H27NO3/c1-4-5-11-20(25)24-21(16(2)3)23(26)27-22(24)19-14-12-18(13-15-19)17-9-7-6-8-10-17/h6-10,12-16,21-22H,4-5,11H2,1-3H3. The predicted molar refractivity (Wildman–Crippen MR) is 106 cm³/mol. The zero-order chi connectivity index (χ0) is 19.4. The van der Waals surface area contributed by atoms with E-state index >= 15 is 0 Å². The summed E-state index contributed by atoms with van der Waals surface area (Å²) in [5.41, 5.74) is 3.05. The van der Waals surface area contributed by atoms with Crippen molar-refractivity contribution in [3.8, 4) is 11.1 Å². The highest BCUT2D eigenvalue weighted by Gasteiger charge is 2.46. The molecule has 142 valence electrons. The maximum Gasteiger partial charge on any atom is 0.331 e. The van der Waals surface area contributed by atoms with Crippen LogP contribution in [-0.2, 0) is 14.3 Å². The molecule has 2 aromatic carbocycles. The Labute approximate surface area is 161 Å². The van der Waals surface area contributed by atoms with Gasteiger partial charge in [0.1, 0.15) is 6.04 Å². The Morgan fingerprint density at radius 1 is 1.04 bits per heavy atom. The van der Waals surface area contributed by atoms with E-state index in [1.54, 1.807) is 4.90 Å². The third kappa shape index (κ3) is 4.05. The summed E-state index contributed by atoms with van der Waals surface area (Å²) in [6.07, 6.45) is 1.55. The van der Waals surface area contributed by atoms with Crippen LogP contribution in [-0.4, -0.2) is 22.8 Å². The van der Waals surface area contributed by atoms with Crippen LogP contribution in [0.1, 0.15) is 51.8 Å². The van der Waals surface area contributed by atoms with Gasteiger partial charge in [0.05, 0.1) is 0 Å². The van der Waals surface area contributed by atoms with E-state index in [0.29, 0.717) is 6.42 Å². The van der Waals surface area contributed by atoms with Crippen molar-refractivity contribution in [1.29, 1.82) is 0 Å². The number of carbonyl (C=O) groups excluding carboxylic acids is 2. The first-order valence-corrected chi connectivity index (χ1v) is 9.70. The maximum atomic E-state index is 12.8. The first-order valence-electron chi connectivity index (χ1n) is 9.70. The maximum absolute atomic E-state index is 12.8. The molecule has 1 aliphatic rings. The van der Waals surface area contributed by atoms with Gasteiger partial charge in [-0.15, -0.1) is 0 Å². The van der Waals surface area contributed by atoms with Crippen LogP contribution in [0.25, 0.3) is 11.1 Å². The van der Waals surface area contributed by atoms with E-state index in [1.165, 1.54) is 0 Å². The van der Waals surface area contributed by atoms with Crippen molar-refractivity contribution in [1.82, 2.24) is 4.90 Å². The number of hydrogen-bond donors (Lipinski definition) is 0. The molecule has 27 heavy (non-hydrogen) atoms. The number of amides is 1. The second kappa shape index (κ2) is 8.38. The fraction of sp³-hybridized carbons (Fsp3) is 0.391. The van der Waals surface area contributed by atoms with E-state index in [0.717, 1.165) is 29.5 Å². The minimum absolute atomic E-state index is 0.0108. The van der Waals surface area contributed by atoms with Crippen molar-refractivity contribution in [2.45, 2.75) is 52.3 Å². The number of unbranched alkanes of at least 4 members (excludes halogenated alkanes) is 1. The third-order valence-corrected chi connectivity index (χ3v) is 4.99. The Bertz CT molecular complexity index is 783. The van der Waals surface area contributed by atoms with E-state index in [1.807, 2.05) is 56.3 Å². The molecule has 0 saturated carbocycles. The van der Waals surface area contributed by atoms with E-state index in [2.05, 4.69) is 19.1 Å². The summed E-state index contributed by atoms with van der Waals surface area (Å²) < 4.78 is 5.65. The number of hydrogen-bond acceptors (Lipinski definition) is 3. The van der Waals surface area contributed by atoms with Gasteiger partial charge < -0.3 is 4.74 Å². The highest BCUT2D eigenvalue weighted by Crippen LogP contribution is 2.36. The zero-order valence-electron chi connectivity index (χ0n) is 16.2. The molecule has 2 aromatic rings. The molecule has 2 unspecified atom stereocenters. The molecule has 0 aliphatic carbocycles. The molecule has 0 N–H and O–H groups in total. The van der Waals surface area contributed by atoms with Crippen molar-refractivity contribution in [3.05, 3.63) is 60.2 Å². The fourth-order valence-electron chi connectivity index (χ4n) is 3.53. The van der Waals surface area contributed by atoms with Crippen LogP contribution in [0.3, 0.4) is 0 Å². The molecule has 0 aromatic heterocycles. The molecule has 4 heteroatoms. The lowest BCUT2D eigenvalue weighted by Crippen LogP contribution is -2.42. The van der Waals surface area contributed by atoms with Crippen molar-refractivity contribution < 1.29 is 14.3 Å². The molecule has 1 heterocycles. The number of ether oxygens (including phenoxy) is 1. The lowest BCUT2D eigenvalue weighted by molar-refractivity contribution is -0.144. The first kappa shape index (κ1) is 19.2. The molecule has 2 atom stereocenters. The molecule has 1 saturated heterocycles. The number of benzene rings is 2. The van der Waals surface area contributed by atoms with Crippen LogP contribution in [0.4, 0.5) is 0 Å². The van der Waals surface area contributed by atoms with E-state index in [9.17, 15) is 9.59 Å². The lowest BCUT2D eigenvalue weighted by Gasteiger charge is -2.28. The van der Waals surface area contributed by atoms with Gasteiger partial charge in [0.15, 0.2) is 0 Å². The summed E-state index contributed by atoms with van der Waals surface area (Å²) in [5, 5.41) is 0. The predicted octanol–water partition coefficient (Wildman–Crippen LogP) is 4.95. The Kier molecular flexibility index (Phi) is 5.94. The largest absolute Gasteiger partial charge is 0.435 e. The summed E-state index contributed by atoms with van der Waals surface area (Å²) in [7, 11) is 0. The van der Waals surface area contributed by atoms with Crippen LogP contribution >= 0.6 is 0 Å². The molecular formula is C23H27NO3. The Balaban J connectivity index is 1.88. The highest BCUT2D eigenvalue weighted by atomic mass is 16.6. The number of esters is 1. The number of rotatable bonds is 6. The third-order valence-electron chi connectivity index (χ3n) is 4.99. The average molecular weight is 365 g/mol. The monoisotopic (exact) mass is 365 g/mol. The minimum Gasteiger partial charge on any atom is -0.435 e. The van der Waals surface area contributed by atoms with Crippen LogP contribution in [0, 0.1) is 5.92 Å². The molecule has 0 radical (unpaired) electrons. The molecule has 3 rings (SSSR count). The number of nitrogens with zero attached hydrogens (tertiary/aromatic N) is 1. The Morgan fingerprint density at radius 2 is 1.67 bits per heavy atom. The van der Waals surface area contributed by atoms with Gasteiger partial charge in [0.25, 0.3) is 0 Å². The van der Waals surface area contributed by atoms with Gasteiger partial charge in [-0.3, -0.25) is 9.69 Å². The molecule has 4 nitrogen and oxygen atoms in total. The van der Waals surface area contributed by atoms with Crippen molar-refractivity contribution in [2.75, 3.05) is 0 Å². The molecule has 0 spiro atoms. The number of carbonyl (C=O) groups is 2. The van der Waals surface area contributed by atoms with Crippen molar-refractivity contribution >= 4 is 11.9 Å². The average Bonchev–Trinajstić information content (AvgIpc) is 3.04. The lowest BCUT2D eigenvalue weighted by atomic mass is 10.0. The van der Waals surface area contributed by atoms with Crippen molar-refractivity contribution in [3.63, 3.8) is 0 Å². The van der Waals surface area contributed by atoms with Gasteiger partial charge in [-0.2, -0.15) is 0 Å². The van der Waals surface area contributed by atoms with Crippen LogP contribution in [0.5, 0.6) is 0 Å². The minimum atomic E-state index is -0.640. The quantitative estimate of drug-likeness (QED) is 0.680. The van der Waals surface area contributed by atoms with Crippen LogP contribution in [0.2, 0.25) is 0 Å².